The maximum Gasteiger partial charge on any atom is 0.313 e. The zero-order chi connectivity index (χ0) is 13.8. The zero-order valence-corrected chi connectivity index (χ0v) is 11.7. The SMILES string of the molecule is CC(C)c1ccc(-c2cnc(SCC(=O)O)[nH]2)cc1. The molecule has 1 heterocycles. The second-order valence-electron chi connectivity index (χ2n) is 4.56. The van der Waals surface area contributed by atoms with Crippen LogP contribution in [0.1, 0.15) is 25.3 Å². The summed E-state index contributed by atoms with van der Waals surface area (Å²) in [6, 6.07) is 8.30. The van der Waals surface area contributed by atoms with Crippen molar-refractivity contribution in [1.82, 2.24) is 9.97 Å². The number of imidazole rings is 1. The minimum atomic E-state index is -0.843. The number of benzene rings is 1. The third-order valence-electron chi connectivity index (χ3n) is 2.77. The van der Waals surface area contributed by atoms with Crippen molar-refractivity contribution < 1.29 is 9.90 Å². The minimum Gasteiger partial charge on any atom is -0.481 e. The number of hydrogen-bond acceptors (Lipinski definition) is 3. The summed E-state index contributed by atoms with van der Waals surface area (Å²) in [7, 11) is 0. The Bertz CT molecular complexity index is 561. The molecule has 0 aliphatic heterocycles. The van der Waals surface area contributed by atoms with Gasteiger partial charge in [-0.2, -0.15) is 0 Å². The molecule has 2 aromatic rings. The second kappa shape index (κ2) is 5.93. The molecular weight excluding hydrogens is 260 g/mol. The van der Waals surface area contributed by atoms with E-state index in [-0.39, 0.29) is 5.75 Å². The standard InChI is InChI=1S/C14H16N2O2S/c1-9(2)10-3-5-11(6-4-10)12-7-15-14(16-12)19-8-13(17)18/h3-7,9H,8H2,1-2H3,(H,15,16)(H,17,18). The van der Waals surface area contributed by atoms with E-state index in [0.717, 1.165) is 11.3 Å². The van der Waals surface area contributed by atoms with Gasteiger partial charge in [0.15, 0.2) is 5.16 Å². The van der Waals surface area contributed by atoms with Gasteiger partial charge in [0.2, 0.25) is 0 Å². The summed E-state index contributed by atoms with van der Waals surface area (Å²) in [6.07, 6.45) is 1.73. The molecule has 2 rings (SSSR count). The third kappa shape index (κ3) is 3.61. The Balaban J connectivity index is 2.11. The number of thioether (sulfide) groups is 1. The molecule has 2 N–H and O–H groups in total. The number of carboxylic acid groups (broad SMARTS) is 1. The quantitative estimate of drug-likeness (QED) is 0.822. The van der Waals surface area contributed by atoms with Crippen LogP contribution in [-0.2, 0) is 4.79 Å². The van der Waals surface area contributed by atoms with Crippen LogP contribution < -0.4 is 0 Å². The van der Waals surface area contributed by atoms with Crippen molar-refractivity contribution in [3.63, 3.8) is 0 Å². The molecule has 5 heteroatoms. The van der Waals surface area contributed by atoms with E-state index in [4.69, 9.17) is 5.11 Å². The number of nitrogens with one attached hydrogen (secondary N) is 1. The molecule has 0 radical (unpaired) electrons. The minimum absolute atomic E-state index is 0.0131. The number of nitrogens with zero attached hydrogens (tertiary/aromatic N) is 1. The first-order chi connectivity index (χ1) is 9.06. The number of carboxylic acids is 1. The highest BCUT2D eigenvalue weighted by Crippen LogP contribution is 2.23. The number of aromatic nitrogens is 2. The first-order valence-corrected chi connectivity index (χ1v) is 7.04. The Morgan fingerprint density at radius 3 is 2.63 bits per heavy atom. The average molecular weight is 276 g/mol. The topological polar surface area (TPSA) is 66.0 Å². The van der Waals surface area contributed by atoms with Gasteiger partial charge in [-0.3, -0.25) is 4.79 Å². The molecule has 0 bridgehead atoms. The smallest absolute Gasteiger partial charge is 0.313 e. The lowest BCUT2D eigenvalue weighted by atomic mass is 10.0. The highest BCUT2D eigenvalue weighted by atomic mass is 32.2. The highest BCUT2D eigenvalue weighted by molar-refractivity contribution is 7.99. The van der Waals surface area contributed by atoms with Gasteiger partial charge in [-0.1, -0.05) is 49.9 Å². The number of rotatable bonds is 5. The summed E-state index contributed by atoms with van der Waals surface area (Å²) >= 11 is 1.19. The monoisotopic (exact) mass is 276 g/mol. The number of H-pyrrole nitrogens is 1. The van der Waals surface area contributed by atoms with Gasteiger partial charge in [0.05, 0.1) is 17.6 Å². The van der Waals surface area contributed by atoms with E-state index in [1.54, 1.807) is 6.20 Å². The van der Waals surface area contributed by atoms with Crippen LogP contribution in [0.4, 0.5) is 0 Å². The van der Waals surface area contributed by atoms with E-state index in [0.29, 0.717) is 11.1 Å². The first-order valence-electron chi connectivity index (χ1n) is 6.06. The molecule has 4 nitrogen and oxygen atoms in total. The number of carbonyl (C=O) groups is 1. The molecule has 0 amide bonds. The molecule has 19 heavy (non-hydrogen) atoms. The Morgan fingerprint density at radius 1 is 1.37 bits per heavy atom. The summed E-state index contributed by atoms with van der Waals surface area (Å²) in [5.41, 5.74) is 3.26. The Morgan fingerprint density at radius 2 is 2.05 bits per heavy atom. The molecule has 100 valence electrons. The molecule has 0 saturated carbocycles. The fourth-order valence-electron chi connectivity index (χ4n) is 1.70. The number of aromatic amines is 1. The van der Waals surface area contributed by atoms with Crippen molar-refractivity contribution in [2.75, 3.05) is 5.75 Å². The summed E-state index contributed by atoms with van der Waals surface area (Å²) in [4.78, 5) is 17.8. The maximum absolute atomic E-state index is 10.5. The van der Waals surface area contributed by atoms with E-state index in [1.165, 1.54) is 17.3 Å². The Labute approximate surface area is 116 Å². The normalized spacial score (nSPS) is 10.9. The van der Waals surface area contributed by atoms with Gasteiger partial charge in [-0.05, 0) is 17.0 Å². The summed E-state index contributed by atoms with van der Waals surface area (Å²) < 4.78 is 0. The Hall–Kier alpha value is -1.75. The van der Waals surface area contributed by atoms with Gasteiger partial charge >= 0.3 is 5.97 Å². The molecule has 1 aromatic heterocycles. The molecule has 0 aliphatic rings. The van der Waals surface area contributed by atoms with Crippen LogP contribution in [0, 0.1) is 0 Å². The fraction of sp³-hybridized carbons (Fsp3) is 0.286. The molecule has 1 aromatic carbocycles. The van der Waals surface area contributed by atoms with E-state index in [1.807, 2.05) is 0 Å². The van der Waals surface area contributed by atoms with Gasteiger partial charge < -0.3 is 10.1 Å². The van der Waals surface area contributed by atoms with Crippen molar-refractivity contribution in [3.05, 3.63) is 36.0 Å². The molecule has 0 atom stereocenters. The summed E-state index contributed by atoms with van der Waals surface area (Å²) in [5.74, 6) is -0.319. The Kier molecular flexibility index (Phi) is 4.27. The van der Waals surface area contributed by atoms with E-state index >= 15 is 0 Å². The van der Waals surface area contributed by atoms with E-state index in [9.17, 15) is 4.79 Å². The van der Waals surface area contributed by atoms with Crippen LogP contribution in [-0.4, -0.2) is 26.8 Å². The van der Waals surface area contributed by atoms with Crippen LogP contribution >= 0.6 is 11.8 Å². The van der Waals surface area contributed by atoms with Gasteiger partial charge in [-0.15, -0.1) is 0 Å². The van der Waals surface area contributed by atoms with Crippen LogP contribution in [0.5, 0.6) is 0 Å². The molecule has 0 spiro atoms. The van der Waals surface area contributed by atoms with Gasteiger partial charge in [-0.25, -0.2) is 4.98 Å². The van der Waals surface area contributed by atoms with Crippen LogP contribution in [0.3, 0.4) is 0 Å². The molecular formula is C14H16N2O2S. The maximum atomic E-state index is 10.5. The van der Waals surface area contributed by atoms with Crippen molar-refractivity contribution >= 4 is 17.7 Å². The van der Waals surface area contributed by atoms with Crippen molar-refractivity contribution in [1.29, 1.82) is 0 Å². The van der Waals surface area contributed by atoms with Crippen molar-refractivity contribution in [2.45, 2.75) is 24.9 Å². The lowest BCUT2D eigenvalue weighted by molar-refractivity contribution is -0.133. The first kappa shape index (κ1) is 13.7. The molecule has 0 unspecified atom stereocenters. The van der Waals surface area contributed by atoms with E-state index in [2.05, 4.69) is 48.1 Å². The lowest BCUT2D eigenvalue weighted by Crippen LogP contribution is -1.97. The van der Waals surface area contributed by atoms with Crippen LogP contribution in [0.2, 0.25) is 0 Å². The highest BCUT2D eigenvalue weighted by Gasteiger charge is 2.06. The zero-order valence-electron chi connectivity index (χ0n) is 10.9. The predicted octanol–water partition coefficient (Wildman–Crippen LogP) is 3.38. The van der Waals surface area contributed by atoms with E-state index < -0.39 is 5.97 Å². The van der Waals surface area contributed by atoms with Crippen LogP contribution in [0.25, 0.3) is 11.3 Å². The third-order valence-corrected chi connectivity index (χ3v) is 3.65. The predicted molar refractivity (Wildman–Crippen MR) is 76.5 cm³/mol. The van der Waals surface area contributed by atoms with Crippen LogP contribution in [0.15, 0.2) is 35.6 Å². The summed E-state index contributed by atoms with van der Waals surface area (Å²) in [6.45, 7) is 4.32. The fourth-order valence-corrected chi connectivity index (χ4v) is 2.27. The summed E-state index contributed by atoms with van der Waals surface area (Å²) in [5, 5.41) is 9.25. The van der Waals surface area contributed by atoms with Gasteiger partial charge in [0, 0.05) is 0 Å². The van der Waals surface area contributed by atoms with Crippen molar-refractivity contribution in [3.8, 4) is 11.3 Å². The van der Waals surface area contributed by atoms with Gasteiger partial charge in [0.25, 0.3) is 0 Å². The largest absolute Gasteiger partial charge is 0.481 e. The van der Waals surface area contributed by atoms with Gasteiger partial charge in [0.1, 0.15) is 0 Å². The lowest BCUT2D eigenvalue weighted by Gasteiger charge is -2.05. The second-order valence-corrected chi connectivity index (χ2v) is 5.53. The average Bonchev–Trinajstić information content (AvgIpc) is 2.85. The number of aliphatic carboxylic acids is 1. The number of hydrogen-bond donors (Lipinski definition) is 2. The molecule has 0 saturated heterocycles. The van der Waals surface area contributed by atoms with Crippen molar-refractivity contribution in [2.24, 2.45) is 0 Å². The molecule has 0 aliphatic carbocycles. The molecule has 0 fully saturated rings.